The third kappa shape index (κ3) is 1.77. The molecule has 0 unspecified atom stereocenters. The van der Waals surface area contributed by atoms with Gasteiger partial charge in [-0.05, 0) is 6.07 Å². The fourth-order valence-electron chi connectivity index (χ4n) is 1.24. The number of methoxy groups -OCH3 is 2. The van der Waals surface area contributed by atoms with Gasteiger partial charge < -0.3 is 19.7 Å². The summed E-state index contributed by atoms with van der Waals surface area (Å²) in [4.78, 5) is 21.9. The van der Waals surface area contributed by atoms with Crippen molar-refractivity contribution in [2.24, 2.45) is 0 Å². The van der Waals surface area contributed by atoms with Crippen molar-refractivity contribution < 1.29 is 29.3 Å². The monoisotopic (exact) mass is 226 g/mol. The van der Waals surface area contributed by atoms with Crippen LogP contribution in [0.2, 0.25) is 0 Å². The highest BCUT2D eigenvalue weighted by atomic mass is 16.5. The first-order chi connectivity index (χ1) is 7.56. The molecule has 0 aliphatic heterocycles. The summed E-state index contributed by atoms with van der Waals surface area (Å²) in [7, 11) is 2.32. The van der Waals surface area contributed by atoms with Crippen LogP contribution in [0.3, 0.4) is 0 Å². The van der Waals surface area contributed by atoms with Crippen molar-refractivity contribution in [3.05, 3.63) is 17.2 Å². The number of aromatic hydroxyl groups is 2. The van der Waals surface area contributed by atoms with E-state index in [-0.39, 0.29) is 16.9 Å². The number of carbonyl (C=O) groups is 2. The normalized spacial score (nSPS) is 9.62. The van der Waals surface area contributed by atoms with Gasteiger partial charge in [-0.15, -0.1) is 0 Å². The second kappa shape index (κ2) is 4.52. The molecular weight excluding hydrogens is 216 g/mol. The summed E-state index contributed by atoms with van der Waals surface area (Å²) in [5.74, 6) is -2.13. The van der Waals surface area contributed by atoms with Crippen LogP contribution in [0, 0.1) is 0 Å². The third-order valence-electron chi connectivity index (χ3n) is 2.00. The molecule has 0 saturated carbocycles. The Bertz CT molecular complexity index is 437. The van der Waals surface area contributed by atoms with Crippen LogP contribution in [0.4, 0.5) is 0 Å². The minimum absolute atomic E-state index is 0.229. The fourth-order valence-corrected chi connectivity index (χ4v) is 1.24. The van der Waals surface area contributed by atoms with E-state index in [4.69, 9.17) is 4.74 Å². The van der Waals surface area contributed by atoms with E-state index >= 15 is 0 Å². The van der Waals surface area contributed by atoms with Gasteiger partial charge in [-0.3, -0.25) is 4.79 Å². The maximum atomic E-state index is 11.2. The summed E-state index contributed by atoms with van der Waals surface area (Å²) >= 11 is 0. The van der Waals surface area contributed by atoms with E-state index in [1.807, 2.05) is 0 Å². The summed E-state index contributed by atoms with van der Waals surface area (Å²) < 4.78 is 9.13. The van der Waals surface area contributed by atoms with Gasteiger partial charge in [0, 0.05) is 0 Å². The Balaban J connectivity index is 3.51. The summed E-state index contributed by atoms with van der Waals surface area (Å²) in [5, 5.41) is 19.1. The standard InChI is InChI=1S/C10H10O6/c1-15-9-6(4-11)7(12)3-5(8(9)13)10(14)16-2/h3-4,12-13H,1-2H3. The Kier molecular flexibility index (Phi) is 3.34. The number of hydrogen-bond acceptors (Lipinski definition) is 6. The van der Waals surface area contributed by atoms with Gasteiger partial charge in [0.2, 0.25) is 0 Å². The molecule has 0 heterocycles. The molecule has 0 amide bonds. The zero-order valence-electron chi connectivity index (χ0n) is 8.68. The molecule has 0 aromatic heterocycles. The molecule has 6 heteroatoms. The predicted octanol–water partition coefficient (Wildman–Crippen LogP) is 0.705. The van der Waals surface area contributed by atoms with Crippen molar-refractivity contribution >= 4 is 12.3 Å². The van der Waals surface area contributed by atoms with Gasteiger partial charge in [-0.2, -0.15) is 0 Å². The predicted molar refractivity (Wildman–Crippen MR) is 53.1 cm³/mol. The average molecular weight is 226 g/mol. The lowest BCUT2D eigenvalue weighted by Gasteiger charge is -2.11. The Morgan fingerprint density at radius 1 is 1.38 bits per heavy atom. The molecule has 1 aromatic carbocycles. The van der Waals surface area contributed by atoms with Crippen LogP contribution >= 0.6 is 0 Å². The lowest BCUT2D eigenvalue weighted by atomic mass is 10.1. The van der Waals surface area contributed by atoms with Gasteiger partial charge in [0.1, 0.15) is 16.9 Å². The molecule has 0 atom stereocenters. The van der Waals surface area contributed by atoms with Crippen molar-refractivity contribution in [2.75, 3.05) is 14.2 Å². The maximum absolute atomic E-state index is 11.2. The molecule has 0 bridgehead atoms. The minimum atomic E-state index is -0.844. The van der Waals surface area contributed by atoms with Gasteiger partial charge >= 0.3 is 5.97 Å². The largest absolute Gasteiger partial charge is 0.507 e. The van der Waals surface area contributed by atoms with Crippen LogP contribution in [-0.2, 0) is 4.74 Å². The summed E-state index contributed by atoms with van der Waals surface area (Å²) in [6.07, 6.45) is 0.314. The Labute approximate surface area is 91.0 Å². The summed E-state index contributed by atoms with van der Waals surface area (Å²) in [6, 6.07) is 0.938. The highest BCUT2D eigenvalue weighted by Crippen LogP contribution is 2.38. The first-order valence-corrected chi connectivity index (χ1v) is 4.23. The SMILES string of the molecule is COC(=O)c1cc(O)c(C=O)c(OC)c1O. The van der Waals surface area contributed by atoms with E-state index in [0.29, 0.717) is 6.29 Å². The van der Waals surface area contributed by atoms with Gasteiger partial charge in [-0.25, -0.2) is 4.79 Å². The van der Waals surface area contributed by atoms with E-state index in [2.05, 4.69) is 4.74 Å². The summed E-state index contributed by atoms with van der Waals surface area (Å²) in [6.45, 7) is 0. The lowest BCUT2D eigenvalue weighted by molar-refractivity contribution is 0.0596. The fraction of sp³-hybridized carbons (Fsp3) is 0.200. The topological polar surface area (TPSA) is 93.1 Å². The average Bonchev–Trinajstić information content (AvgIpc) is 2.29. The molecule has 0 fully saturated rings. The molecule has 0 saturated heterocycles. The number of esters is 1. The van der Waals surface area contributed by atoms with E-state index < -0.39 is 17.5 Å². The number of benzene rings is 1. The van der Waals surface area contributed by atoms with Crippen molar-refractivity contribution in [3.8, 4) is 17.2 Å². The molecule has 0 aliphatic carbocycles. The first-order valence-electron chi connectivity index (χ1n) is 4.23. The molecule has 2 N–H and O–H groups in total. The number of hydrogen-bond donors (Lipinski definition) is 2. The molecule has 1 aromatic rings. The number of phenolic OH excluding ortho intramolecular Hbond substituents is 2. The highest BCUT2D eigenvalue weighted by molar-refractivity contribution is 5.97. The second-order valence-corrected chi connectivity index (χ2v) is 2.85. The quantitative estimate of drug-likeness (QED) is 0.448. The summed E-state index contributed by atoms with van der Waals surface area (Å²) in [5.41, 5.74) is -0.505. The number of phenols is 2. The zero-order valence-corrected chi connectivity index (χ0v) is 8.68. The van der Waals surface area contributed by atoms with Crippen LogP contribution in [-0.4, -0.2) is 36.7 Å². The van der Waals surface area contributed by atoms with Crippen molar-refractivity contribution in [2.45, 2.75) is 0 Å². The number of carbonyl (C=O) groups excluding carboxylic acids is 2. The Hall–Kier alpha value is -2.24. The van der Waals surface area contributed by atoms with Gasteiger partial charge in [0.15, 0.2) is 17.8 Å². The van der Waals surface area contributed by atoms with Gasteiger partial charge in [-0.1, -0.05) is 0 Å². The van der Waals surface area contributed by atoms with Crippen LogP contribution in [0.1, 0.15) is 20.7 Å². The van der Waals surface area contributed by atoms with Crippen LogP contribution in [0.15, 0.2) is 6.07 Å². The number of rotatable bonds is 3. The lowest BCUT2D eigenvalue weighted by Crippen LogP contribution is -2.04. The number of aldehydes is 1. The van der Waals surface area contributed by atoms with E-state index in [1.54, 1.807) is 0 Å². The zero-order chi connectivity index (χ0) is 12.3. The molecule has 0 radical (unpaired) electrons. The molecule has 1 rings (SSSR count). The molecule has 0 spiro atoms. The third-order valence-corrected chi connectivity index (χ3v) is 2.00. The van der Waals surface area contributed by atoms with Crippen molar-refractivity contribution in [1.82, 2.24) is 0 Å². The van der Waals surface area contributed by atoms with Gasteiger partial charge in [0.05, 0.1) is 14.2 Å². The second-order valence-electron chi connectivity index (χ2n) is 2.85. The molecule has 6 nitrogen and oxygen atoms in total. The number of ether oxygens (including phenoxy) is 2. The molecule has 0 aliphatic rings. The smallest absolute Gasteiger partial charge is 0.341 e. The molecule has 16 heavy (non-hydrogen) atoms. The Morgan fingerprint density at radius 2 is 2.00 bits per heavy atom. The van der Waals surface area contributed by atoms with E-state index in [0.717, 1.165) is 13.2 Å². The van der Waals surface area contributed by atoms with Crippen LogP contribution in [0.5, 0.6) is 17.2 Å². The maximum Gasteiger partial charge on any atom is 0.341 e. The van der Waals surface area contributed by atoms with Crippen LogP contribution < -0.4 is 4.74 Å². The molecular formula is C10H10O6. The van der Waals surface area contributed by atoms with E-state index in [1.165, 1.54) is 7.11 Å². The van der Waals surface area contributed by atoms with E-state index in [9.17, 15) is 19.8 Å². The van der Waals surface area contributed by atoms with Crippen LogP contribution in [0.25, 0.3) is 0 Å². The van der Waals surface area contributed by atoms with Crippen molar-refractivity contribution in [1.29, 1.82) is 0 Å². The first kappa shape index (κ1) is 11.8. The minimum Gasteiger partial charge on any atom is -0.507 e. The highest BCUT2D eigenvalue weighted by Gasteiger charge is 2.22. The Morgan fingerprint density at radius 3 is 2.44 bits per heavy atom. The van der Waals surface area contributed by atoms with Crippen molar-refractivity contribution in [3.63, 3.8) is 0 Å². The van der Waals surface area contributed by atoms with Gasteiger partial charge in [0.25, 0.3) is 0 Å². The molecule has 86 valence electrons.